The van der Waals surface area contributed by atoms with E-state index in [0.717, 1.165) is 18.4 Å². The van der Waals surface area contributed by atoms with Crippen molar-refractivity contribution >= 4 is 5.97 Å². The van der Waals surface area contributed by atoms with Gasteiger partial charge in [-0.05, 0) is 45.4 Å². The van der Waals surface area contributed by atoms with Crippen molar-refractivity contribution in [3.63, 3.8) is 0 Å². The number of carbonyl (C=O) groups excluding carboxylic acids is 1. The number of esters is 1. The highest BCUT2D eigenvalue weighted by molar-refractivity contribution is 5.66. The molecule has 1 aliphatic rings. The molecule has 0 aromatic rings. The van der Waals surface area contributed by atoms with Crippen LogP contribution in [0.2, 0.25) is 0 Å². The van der Waals surface area contributed by atoms with Gasteiger partial charge in [0.15, 0.2) is 0 Å². The molecule has 1 saturated carbocycles. The number of carbonyl (C=O) groups is 1. The first-order valence-corrected chi connectivity index (χ1v) is 7.47. The molecule has 0 aromatic carbocycles. The molecular formula is C17H28O3. The van der Waals surface area contributed by atoms with Crippen molar-refractivity contribution in [1.82, 2.24) is 0 Å². The fourth-order valence-electron chi connectivity index (χ4n) is 2.84. The minimum atomic E-state index is -0.327. The van der Waals surface area contributed by atoms with E-state index in [1.165, 1.54) is 12.5 Å². The number of aliphatic hydroxyl groups excluding tert-OH is 1. The van der Waals surface area contributed by atoms with E-state index in [1.54, 1.807) is 0 Å². The Labute approximate surface area is 122 Å². The Kier molecular flexibility index (Phi) is 6.47. The van der Waals surface area contributed by atoms with Crippen LogP contribution in [0.25, 0.3) is 0 Å². The van der Waals surface area contributed by atoms with E-state index in [-0.39, 0.29) is 30.0 Å². The monoisotopic (exact) mass is 280 g/mol. The van der Waals surface area contributed by atoms with Gasteiger partial charge in [0.25, 0.3) is 0 Å². The van der Waals surface area contributed by atoms with E-state index in [4.69, 9.17) is 4.74 Å². The number of rotatable bonds is 5. The topological polar surface area (TPSA) is 46.5 Å². The van der Waals surface area contributed by atoms with Gasteiger partial charge < -0.3 is 9.84 Å². The molecule has 1 aliphatic carbocycles. The van der Waals surface area contributed by atoms with Gasteiger partial charge in [0, 0.05) is 12.8 Å². The van der Waals surface area contributed by atoms with E-state index in [9.17, 15) is 9.90 Å². The molecular weight excluding hydrogens is 252 g/mol. The zero-order valence-corrected chi connectivity index (χ0v) is 13.2. The molecule has 3 nitrogen and oxygen atoms in total. The van der Waals surface area contributed by atoms with Gasteiger partial charge in [-0.3, -0.25) is 4.79 Å². The lowest BCUT2D eigenvalue weighted by molar-refractivity contribution is -0.153. The van der Waals surface area contributed by atoms with E-state index in [0.29, 0.717) is 12.8 Å². The fourth-order valence-corrected chi connectivity index (χ4v) is 2.84. The molecule has 0 saturated heterocycles. The van der Waals surface area contributed by atoms with E-state index < -0.39 is 0 Å². The van der Waals surface area contributed by atoms with Crippen LogP contribution in [0.5, 0.6) is 0 Å². The molecule has 0 radical (unpaired) electrons. The van der Waals surface area contributed by atoms with Crippen molar-refractivity contribution in [2.24, 2.45) is 11.8 Å². The normalized spacial score (nSPS) is 29.6. The van der Waals surface area contributed by atoms with Crippen molar-refractivity contribution in [1.29, 1.82) is 0 Å². The summed E-state index contributed by atoms with van der Waals surface area (Å²) in [5.41, 5.74) is 2.38. The van der Waals surface area contributed by atoms with Crippen molar-refractivity contribution in [3.05, 3.63) is 23.8 Å². The highest BCUT2D eigenvalue weighted by atomic mass is 16.5. The smallest absolute Gasteiger partial charge is 0.302 e. The predicted molar refractivity (Wildman–Crippen MR) is 81.3 cm³/mol. The fraction of sp³-hybridized carbons (Fsp3) is 0.706. The van der Waals surface area contributed by atoms with Crippen molar-refractivity contribution in [2.75, 3.05) is 0 Å². The maximum Gasteiger partial charge on any atom is 0.302 e. The summed E-state index contributed by atoms with van der Waals surface area (Å²) in [7, 11) is 0. The summed E-state index contributed by atoms with van der Waals surface area (Å²) in [5.74, 6) is -0.00228. The Balaban J connectivity index is 2.68. The summed E-state index contributed by atoms with van der Waals surface area (Å²) < 4.78 is 5.44. The van der Waals surface area contributed by atoms with Gasteiger partial charge in [-0.15, -0.1) is 0 Å². The molecule has 1 N–H and O–H groups in total. The van der Waals surface area contributed by atoms with Crippen LogP contribution < -0.4 is 0 Å². The van der Waals surface area contributed by atoms with Crippen LogP contribution in [0.4, 0.5) is 0 Å². The average molecular weight is 280 g/mol. The minimum absolute atomic E-state index is 0.0793. The highest BCUT2D eigenvalue weighted by Crippen LogP contribution is 2.36. The lowest BCUT2D eigenvalue weighted by atomic mass is 9.74. The first kappa shape index (κ1) is 17.0. The van der Waals surface area contributed by atoms with Crippen LogP contribution in [0.1, 0.15) is 53.4 Å². The third-order valence-electron chi connectivity index (χ3n) is 4.06. The molecule has 0 spiro atoms. The molecule has 0 aliphatic heterocycles. The third-order valence-corrected chi connectivity index (χ3v) is 4.06. The molecule has 3 heteroatoms. The van der Waals surface area contributed by atoms with Gasteiger partial charge in [0.05, 0.1) is 6.10 Å². The lowest BCUT2D eigenvalue weighted by Gasteiger charge is -2.38. The molecule has 0 bridgehead atoms. The van der Waals surface area contributed by atoms with E-state index >= 15 is 0 Å². The predicted octanol–water partition coefficient (Wildman–Crippen LogP) is 3.63. The summed E-state index contributed by atoms with van der Waals surface area (Å²) in [6.45, 7) is 11.8. The zero-order valence-electron chi connectivity index (χ0n) is 13.2. The number of ether oxygens (including phenoxy) is 1. The minimum Gasteiger partial charge on any atom is -0.462 e. The standard InChI is InChI=1S/C17H28O3/c1-11(2)7-6-8-12(3)15-10-16(19)13(4)9-17(15)20-14(5)18/h7,13,15-17,19H,3,6,8-10H2,1-2,4-5H3/t13-,15-,16+,17+/m1/s1. The van der Waals surface area contributed by atoms with Crippen LogP contribution in [0.15, 0.2) is 23.8 Å². The maximum atomic E-state index is 11.2. The molecule has 114 valence electrons. The number of hydrogen-bond acceptors (Lipinski definition) is 3. The number of allylic oxidation sites excluding steroid dienone is 2. The largest absolute Gasteiger partial charge is 0.462 e. The third kappa shape index (κ3) is 5.12. The van der Waals surface area contributed by atoms with Crippen molar-refractivity contribution in [2.45, 2.75) is 65.6 Å². The number of aliphatic hydroxyl groups is 1. The molecule has 1 rings (SSSR count). The van der Waals surface area contributed by atoms with Crippen molar-refractivity contribution < 1.29 is 14.6 Å². The second kappa shape index (κ2) is 7.63. The molecule has 4 atom stereocenters. The summed E-state index contributed by atoms with van der Waals surface area (Å²) in [4.78, 5) is 11.2. The Morgan fingerprint density at radius 2 is 2.00 bits per heavy atom. The molecule has 0 heterocycles. The molecule has 1 fully saturated rings. The van der Waals surface area contributed by atoms with Crippen LogP contribution >= 0.6 is 0 Å². The van der Waals surface area contributed by atoms with Gasteiger partial charge in [-0.1, -0.05) is 30.7 Å². The van der Waals surface area contributed by atoms with E-state index in [2.05, 4.69) is 26.5 Å². The summed E-state index contributed by atoms with van der Waals surface area (Å²) in [6, 6.07) is 0. The SMILES string of the molecule is C=C(CCC=C(C)C)[C@H]1C[C@H](O)[C@H](C)C[C@@H]1OC(C)=O. The zero-order chi connectivity index (χ0) is 15.3. The molecule has 0 aromatic heterocycles. The molecule has 0 unspecified atom stereocenters. The Morgan fingerprint density at radius 1 is 1.35 bits per heavy atom. The average Bonchev–Trinajstić information content (AvgIpc) is 2.32. The van der Waals surface area contributed by atoms with Crippen LogP contribution in [0, 0.1) is 11.8 Å². The summed E-state index contributed by atoms with van der Waals surface area (Å²) in [5, 5.41) is 10.1. The first-order valence-electron chi connectivity index (χ1n) is 7.47. The van der Waals surface area contributed by atoms with Gasteiger partial charge in [0.1, 0.15) is 6.10 Å². The quantitative estimate of drug-likeness (QED) is 0.618. The summed E-state index contributed by atoms with van der Waals surface area (Å²) in [6.07, 6.45) is 4.93. The number of hydrogen-bond donors (Lipinski definition) is 1. The second-order valence-corrected chi connectivity index (χ2v) is 6.25. The summed E-state index contributed by atoms with van der Waals surface area (Å²) >= 11 is 0. The van der Waals surface area contributed by atoms with Crippen LogP contribution in [-0.4, -0.2) is 23.3 Å². The van der Waals surface area contributed by atoms with Gasteiger partial charge in [-0.2, -0.15) is 0 Å². The van der Waals surface area contributed by atoms with E-state index in [1.807, 2.05) is 6.92 Å². The highest BCUT2D eigenvalue weighted by Gasteiger charge is 2.37. The Bertz CT molecular complexity index is 380. The second-order valence-electron chi connectivity index (χ2n) is 6.25. The van der Waals surface area contributed by atoms with Crippen LogP contribution in [-0.2, 0) is 9.53 Å². The lowest BCUT2D eigenvalue weighted by Crippen LogP contribution is -2.40. The van der Waals surface area contributed by atoms with Gasteiger partial charge in [-0.25, -0.2) is 0 Å². The van der Waals surface area contributed by atoms with Crippen LogP contribution in [0.3, 0.4) is 0 Å². The Hall–Kier alpha value is -1.09. The maximum absolute atomic E-state index is 11.2. The van der Waals surface area contributed by atoms with Gasteiger partial charge in [0.2, 0.25) is 0 Å². The van der Waals surface area contributed by atoms with Gasteiger partial charge >= 0.3 is 5.97 Å². The molecule has 0 amide bonds. The molecule has 20 heavy (non-hydrogen) atoms. The Morgan fingerprint density at radius 3 is 2.55 bits per heavy atom. The van der Waals surface area contributed by atoms with Crippen molar-refractivity contribution in [3.8, 4) is 0 Å². The first-order chi connectivity index (χ1) is 9.31.